The summed E-state index contributed by atoms with van der Waals surface area (Å²) in [6.07, 6.45) is 3.33. The van der Waals surface area contributed by atoms with Gasteiger partial charge in [-0.1, -0.05) is 27.3 Å². The number of aromatic nitrogens is 1. The van der Waals surface area contributed by atoms with Crippen molar-refractivity contribution in [1.82, 2.24) is 10.4 Å². The number of anilines is 1. The third kappa shape index (κ3) is 5.61. The zero-order chi connectivity index (χ0) is 17.4. The van der Waals surface area contributed by atoms with E-state index in [4.69, 9.17) is 4.74 Å². The monoisotopic (exact) mass is 410 g/mol. The summed E-state index contributed by atoms with van der Waals surface area (Å²) in [6, 6.07) is 7.27. The normalized spacial score (nSPS) is 10.8. The Morgan fingerprint density at radius 2 is 2.08 bits per heavy atom. The fraction of sp³-hybridized carbons (Fsp3) is 0.312. The molecule has 1 heterocycles. The van der Waals surface area contributed by atoms with Crippen LogP contribution in [0.5, 0.6) is 5.75 Å². The van der Waals surface area contributed by atoms with Crippen molar-refractivity contribution in [3.63, 3.8) is 0 Å². The highest BCUT2D eigenvalue weighted by Gasteiger charge is 2.06. The first kappa shape index (κ1) is 18.4. The number of amides is 1. The van der Waals surface area contributed by atoms with E-state index in [2.05, 4.69) is 50.2 Å². The minimum absolute atomic E-state index is 0.0909. The molecule has 1 aromatic heterocycles. The molecule has 6 nitrogen and oxygen atoms in total. The van der Waals surface area contributed by atoms with Crippen molar-refractivity contribution in [1.29, 1.82) is 0 Å². The van der Waals surface area contributed by atoms with Crippen molar-refractivity contribution in [2.24, 2.45) is 5.10 Å². The number of benzene rings is 1. The molecule has 1 amide bonds. The summed E-state index contributed by atoms with van der Waals surface area (Å²) >= 11 is 4.87. The molecule has 0 saturated heterocycles. The average molecular weight is 411 g/mol. The Morgan fingerprint density at radius 3 is 2.75 bits per heavy atom. The lowest BCUT2D eigenvalue weighted by Gasteiger charge is -2.16. The largest absolute Gasteiger partial charge is 0.484 e. The number of thiazole rings is 1. The van der Waals surface area contributed by atoms with Crippen molar-refractivity contribution < 1.29 is 9.53 Å². The molecule has 0 bridgehead atoms. The van der Waals surface area contributed by atoms with Crippen molar-refractivity contribution in [2.75, 3.05) is 24.6 Å². The van der Waals surface area contributed by atoms with Gasteiger partial charge < -0.3 is 9.64 Å². The van der Waals surface area contributed by atoms with Crippen LogP contribution in [-0.4, -0.2) is 36.8 Å². The van der Waals surface area contributed by atoms with Crippen molar-refractivity contribution >= 4 is 44.5 Å². The number of hydrogen-bond donors (Lipinski definition) is 1. The molecule has 128 valence electrons. The van der Waals surface area contributed by atoms with Crippen LogP contribution in [0.3, 0.4) is 0 Å². The summed E-state index contributed by atoms with van der Waals surface area (Å²) in [7, 11) is 0. The molecule has 0 aliphatic rings. The molecule has 2 aromatic rings. The van der Waals surface area contributed by atoms with E-state index >= 15 is 0 Å². The van der Waals surface area contributed by atoms with E-state index < -0.39 is 0 Å². The highest BCUT2D eigenvalue weighted by atomic mass is 79.9. The van der Waals surface area contributed by atoms with Crippen LogP contribution in [0.4, 0.5) is 5.13 Å². The van der Waals surface area contributed by atoms with Crippen molar-refractivity contribution in [3.8, 4) is 5.75 Å². The molecule has 0 unspecified atom stereocenters. The third-order valence-electron chi connectivity index (χ3n) is 3.11. The van der Waals surface area contributed by atoms with E-state index in [9.17, 15) is 4.79 Å². The maximum Gasteiger partial charge on any atom is 0.277 e. The van der Waals surface area contributed by atoms with Gasteiger partial charge in [-0.25, -0.2) is 10.4 Å². The van der Waals surface area contributed by atoms with Crippen molar-refractivity contribution in [2.45, 2.75) is 13.8 Å². The van der Waals surface area contributed by atoms with Gasteiger partial charge in [-0.15, -0.1) is 0 Å². The van der Waals surface area contributed by atoms with Gasteiger partial charge in [-0.3, -0.25) is 4.79 Å². The number of carbonyl (C=O) groups excluding carboxylic acids is 1. The predicted molar refractivity (Wildman–Crippen MR) is 101 cm³/mol. The molecule has 0 radical (unpaired) electrons. The Labute approximate surface area is 153 Å². The fourth-order valence-corrected chi connectivity index (χ4v) is 3.04. The van der Waals surface area contributed by atoms with Crippen LogP contribution in [0.1, 0.15) is 18.7 Å². The molecule has 0 fully saturated rings. The Balaban J connectivity index is 1.78. The molecule has 0 atom stereocenters. The number of nitrogens with zero attached hydrogens (tertiary/aromatic N) is 3. The Kier molecular flexibility index (Phi) is 7.20. The van der Waals surface area contributed by atoms with Crippen LogP contribution in [0.2, 0.25) is 0 Å². The topological polar surface area (TPSA) is 66.8 Å². The molecule has 0 aliphatic carbocycles. The first-order chi connectivity index (χ1) is 11.6. The van der Waals surface area contributed by atoms with Gasteiger partial charge in [0.15, 0.2) is 11.7 Å². The molecular formula is C16H19BrN4O2S. The van der Waals surface area contributed by atoms with Crippen LogP contribution < -0.4 is 15.1 Å². The van der Waals surface area contributed by atoms with Gasteiger partial charge in [0.1, 0.15) is 5.75 Å². The van der Waals surface area contributed by atoms with Crippen LogP contribution in [0, 0.1) is 0 Å². The number of hydrazone groups is 1. The highest BCUT2D eigenvalue weighted by molar-refractivity contribution is 9.10. The van der Waals surface area contributed by atoms with E-state index in [0.29, 0.717) is 5.75 Å². The number of rotatable bonds is 8. The van der Waals surface area contributed by atoms with E-state index in [1.54, 1.807) is 24.5 Å². The molecule has 8 heteroatoms. The molecule has 1 aromatic carbocycles. The summed E-state index contributed by atoms with van der Waals surface area (Å²) in [5, 5.41) is 4.88. The molecule has 24 heavy (non-hydrogen) atoms. The molecule has 0 spiro atoms. The van der Waals surface area contributed by atoms with Crippen LogP contribution in [0.25, 0.3) is 0 Å². The predicted octanol–water partition coefficient (Wildman–Crippen LogP) is 3.28. The van der Waals surface area contributed by atoms with Gasteiger partial charge in [-0.05, 0) is 38.1 Å². The minimum atomic E-state index is -0.317. The fourth-order valence-electron chi connectivity index (χ4n) is 1.86. The third-order valence-corrected chi connectivity index (χ3v) is 4.63. The minimum Gasteiger partial charge on any atom is -0.484 e. The van der Waals surface area contributed by atoms with Crippen LogP contribution in [-0.2, 0) is 4.79 Å². The second kappa shape index (κ2) is 9.39. The number of nitrogens with one attached hydrogen (secondary N) is 1. The zero-order valence-corrected chi connectivity index (χ0v) is 15.9. The van der Waals surface area contributed by atoms with E-state index in [0.717, 1.165) is 27.6 Å². The second-order valence-corrected chi connectivity index (χ2v) is 6.71. The maximum absolute atomic E-state index is 11.7. The Bertz CT molecular complexity index is 684. The Hall–Kier alpha value is -1.93. The van der Waals surface area contributed by atoms with Gasteiger partial charge in [0.05, 0.1) is 11.1 Å². The summed E-state index contributed by atoms with van der Waals surface area (Å²) in [6.45, 7) is 5.90. The van der Waals surface area contributed by atoms with Crippen LogP contribution >= 0.6 is 27.3 Å². The van der Waals surface area contributed by atoms with E-state index in [-0.39, 0.29) is 12.5 Å². The first-order valence-corrected chi connectivity index (χ1v) is 9.14. The summed E-state index contributed by atoms with van der Waals surface area (Å²) in [5.41, 5.74) is 2.44. The molecule has 0 saturated carbocycles. The Morgan fingerprint density at radius 1 is 1.38 bits per heavy atom. The van der Waals surface area contributed by atoms with Gasteiger partial charge in [0, 0.05) is 23.8 Å². The smallest absolute Gasteiger partial charge is 0.277 e. The summed E-state index contributed by atoms with van der Waals surface area (Å²) < 4.78 is 6.32. The number of ether oxygens (including phenoxy) is 1. The summed E-state index contributed by atoms with van der Waals surface area (Å²) in [5.74, 6) is 0.311. The lowest BCUT2D eigenvalue weighted by atomic mass is 10.3. The maximum atomic E-state index is 11.7. The van der Waals surface area contributed by atoms with E-state index in [1.165, 1.54) is 11.3 Å². The molecule has 1 N–H and O–H groups in total. The summed E-state index contributed by atoms with van der Waals surface area (Å²) in [4.78, 5) is 19.1. The first-order valence-electron chi connectivity index (χ1n) is 7.53. The zero-order valence-electron chi connectivity index (χ0n) is 13.5. The highest BCUT2D eigenvalue weighted by Crippen LogP contribution is 2.20. The quantitative estimate of drug-likeness (QED) is 0.535. The van der Waals surface area contributed by atoms with Gasteiger partial charge >= 0.3 is 0 Å². The number of hydrogen-bond acceptors (Lipinski definition) is 6. The van der Waals surface area contributed by atoms with Gasteiger partial charge in [-0.2, -0.15) is 5.10 Å². The van der Waals surface area contributed by atoms with Crippen molar-refractivity contribution in [3.05, 3.63) is 39.8 Å². The standard InChI is InChI=1S/C16H19BrN4O2S/c1-3-21(4-2)16-18-9-14(24-16)10-19-20-15(22)11-23-13-7-5-12(17)6-8-13/h5-10H,3-4,11H2,1-2H3,(H,20,22)/b19-10-. The molecule has 2 rings (SSSR count). The SMILES string of the molecule is CCN(CC)c1ncc(/C=N\NC(=O)COc2ccc(Br)cc2)s1. The van der Waals surface area contributed by atoms with Gasteiger partial charge in [0.25, 0.3) is 5.91 Å². The van der Waals surface area contributed by atoms with E-state index in [1.807, 2.05) is 12.1 Å². The lowest BCUT2D eigenvalue weighted by Crippen LogP contribution is -2.24. The molecular weight excluding hydrogens is 392 g/mol. The van der Waals surface area contributed by atoms with Gasteiger partial charge in [0.2, 0.25) is 0 Å². The second-order valence-electron chi connectivity index (χ2n) is 4.75. The van der Waals surface area contributed by atoms with Crippen LogP contribution in [0.15, 0.2) is 40.0 Å². The number of halogens is 1. The molecule has 0 aliphatic heterocycles. The average Bonchev–Trinajstić information content (AvgIpc) is 3.04. The number of carbonyl (C=O) groups is 1. The lowest BCUT2D eigenvalue weighted by molar-refractivity contribution is -0.123.